The van der Waals surface area contributed by atoms with E-state index in [0.717, 1.165) is 5.56 Å². The third-order valence-corrected chi connectivity index (χ3v) is 4.31. The highest BCUT2D eigenvalue weighted by molar-refractivity contribution is 6.03. The van der Waals surface area contributed by atoms with Crippen LogP contribution in [0, 0.1) is 0 Å². The fraction of sp³-hybridized carbons (Fsp3) is 0.0417. The Morgan fingerprint density at radius 1 is 0.800 bits per heavy atom. The van der Waals surface area contributed by atoms with Crippen molar-refractivity contribution in [2.45, 2.75) is 6.54 Å². The summed E-state index contributed by atoms with van der Waals surface area (Å²) in [7, 11) is 0. The molecule has 3 aromatic carbocycles. The highest BCUT2D eigenvalue weighted by Gasteiger charge is 2.12. The van der Waals surface area contributed by atoms with Gasteiger partial charge in [0.2, 0.25) is 0 Å². The molecule has 0 aliphatic rings. The number of amides is 1. The lowest BCUT2D eigenvalue weighted by Crippen LogP contribution is -2.15. The first kappa shape index (κ1) is 19.1. The standard InChI is InChI=1S/C24H20N4O2/c29-24(21-16-27-23(17-25-21)26-15-18-9-3-1-4-10-18)28-20-13-7-8-14-22(20)30-19-11-5-2-6-12-19/h1-14,16-17H,15H2,(H,26,27)(H,28,29). The number of rotatable bonds is 7. The molecule has 0 spiro atoms. The average molecular weight is 396 g/mol. The molecule has 4 aromatic rings. The van der Waals surface area contributed by atoms with Gasteiger partial charge in [-0.05, 0) is 29.8 Å². The maximum Gasteiger partial charge on any atom is 0.275 e. The number of carbonyl (C=O) groups is 1. The average Bonchev–Trinajstić information content (AvgIpc) is 2.81. The molecule has 1 aromatic heterocycles. The number of para-hydroxylation sites is 3. The van der Waals surface area contributed by atoms with Crippen molar-refractivity contribution in [3.05, 3.63) is 109 Å². The fourth-order valence-electron chi connectivity index (χ4n) is 2.79. The Balaban J connectivity index is 1.40. The van der Waals surface area contributed by atoms with Crippen molar-refractivity contribution in [1.29, 1.82) is 0 Å². The molecule has 30 heavy (non-hydrogen) atoms. The number of aromatic nitrogens is 2. The van der Waals surface area contributed by atoms with Crippen LogP contribution in [0.25, 0.3) is 0 Å². The van der Waals surface area contributed by atoms with Crippen LogP contribution in [0.2, 0.25) is 0 Å². The predicted molar refractivity (Wildman–Crippen MR) is 117 cm³/mol. The van der Waals surface area contributed by atoms with Gasteiger partial charge in [0, 0.05) is 6.54 Å². The molecule has 0 saturated heterocycles. The van der Waals surface area contributed by atoms with Crippen molar-refractivity contribution >= 4 is 17.4 Å². The van der Waals surface area contributed by atoms with Crippen molar-refractivity contribution in [2.24, 2.45) is 0 Å². The highest BCUT2D eigenvalue weighted by atomic mass is 16.5. The second-order valence-corrected chi connectivity index (χ2v) is 6.49. The summed E-state index contributed by atoms with van der Waals surface area (Å²) in [5.41, 5.74) is 1.91. The highest BCUT2D eigenvalue weighted by Crippen LogP contribution is 2.29. The molecule has 6 nitrogen and oxygen atoms in total. The van der Waals surface area contributed by atoms with Crippen molar-refractivity contribution in [2.75, 3.05) is 10.6 Å². The summed E-state index contributed by atoms with van der Waals surface area (Å²) in [5, 5.41) is 6.03. The minimum Gasteiger partial charge on any atom is -0.455 e. The van der Waals surface area contributed by atoms with E-state index in [1.165, 1.54) is 6.20 Å². The smallest absolute Gasteiger partial charge is 0.275 e. The first-order valence-electron chi connectivity index (χ1n) is 9.51. The Hall–Kier alpha value is -4.19. The largest absolute Gasteiger partial charge is 0.455 e. The Morgan fingerprint density at radius 2 is 1.50 bits per heavy atom. The molecule has 6 heteroatoms. The Kier molecular flexibility index (Phi) is 5.96. The minimum absolute atomic E-state index is 0.217. The van der Waals surface area contributed by atoms with E-state index in [1.54, 1.807) is 18.3 Å². The van der Waals surface area contributed by atoms with Crippen molar-refractivity contribution in [3.8, 4) is 11.5 Å². The summed E-state index contributed by atoms with van der Waals surface area (Å²) >= 11 is 0. The zero-order valence-electron chi connectivity index (χ0n) is 16.2. The molecule has 0 aliphatic heterocycles. The van der Waals surface area contributed by atoms with Gasteiger partial charge < -0.3 is 15.4 Å². The van der Waals surface area contributed by atoms with Gasteiger partial charge in [0.1, 0.15) is 17.3 Å². The monoisotopic (exact) mass is 396 g/mol. The van der Waals surface area contributed by atoms with Gasteiger partial charge in [-0.2, -0.15) is 0 Å². The van der Waals surface area contributed by atoms with Crippen LogP contribution in [0.5, 0.6) is 11.5 Å². The minimum atomic E-state index is -0.360. The van der Waals surface area contributed by atoms with Crippen LogP contribution in [0.3, 0.4) is 0 Å². The van der Waals surface area contributed by atoms with Crippen LogP contribution in [0.4, 0.5) is 11.5 Å². The number of nitrogens with zero attached hydrogens (tertiary/aromatic N) is 2. The van der Waals surface area contributed by atoms with E-state index in [1.807, 2.05) is 72.8 Å². The number of carbonyl (C=O) groups excluding carboxylic acids is 1. The molecule has 1 heterocycles. The van der Waals surface area contributed by atoms with Crippen molar-refractivity contribution in [3.63, 3.8) is 0 Å². The predicted octanol–water partition coefficient (Wildman–Crippen LogP) is 5.13. The summed E-state index contributed by atoms with van der Waals surface area (Å²) in [6.45, 7) is 0.630. The molecule has 0 aliphatic carbocycles. The molecule has 1 amide bonds. The van der Waals surface area contributed by atoms with Gasteiger partial charge in [0.25, 0.3) is 5.91 Å². The number of ether oxygens (including phenoxy) is 1. The zero-order valence-corrected chi connectivity index (χ0v) is 16.2. The SMILES string of the molecule is O=C(Nc1ccccc1Oc1ccccc1)c1cnc(NCc2ccccc2)cn1. The van der Waals surface area contributed by atoms with Gasteiger partial charge in [0.15, 0.2) is 5.75 Å². The van der Waals surface area contributed by atoms with Gasteiger partial charge in [-0.25, -0.2) is 9.97 Å². The van der Waals surface area contributed by atoms with Crippen molar-refractivity contribution < 1.29 is 9.53 Å². The van der Waals surface area contributed by atoms with Crippen LogP contribution in [0.1, 0.15) is 16.1 Å². The maximum atomic E-state index is 12.6. The normalized spacial score (nSPS) is 10.3. The van der Waals surface area contributed by atoms with E-state index >= 15 is 0 Å². The molecule has 0 saturated carbocycles. The van der Waals surface area contributed by atoms with Crippen LogP contribution < -0.4 is 15.4 Å². The Bertz CT molecular complexity index is 1100. The molecule has 0 radical (unpaired) electrons. The van der Waals surface area contributed by atoms with Gasteiger partial charge >= 0.3 is 0 Å². The Morgan fingerprint density at radius 3 is 2.23 bits per heavy atom. The summed E-state index contributed by atoms with van der Waals surface area (Å²) in [4.78, 5) is 21.1. The third-order valence-electron chi connectivity index (χ3n) is 4.31. The fourth-order valence-corrected chi connectivity index (χ4v) is 2.79. The molecule has 0 unspecified atom stereocenters. The molecule has 0 atom stereocenters. The molecule has 0 fully saturated rings. The molecule has 0 bridgehead atoms. The molecular formula is C24H20N4O2. The van der Waals surface area contributed by atoms with Gasteiger partial charge in [-0.1, -0.05) is 60.7 Å². The number of hydrogen-bond acceptors (Lipinski definition) is 5. The number of benzene rings is 3. The molecular weight excluding hydrogens is 376 g/mol. The maximum absolute atomic E-state index is 12.6. The van der Waals surface area contributed by atoms with E-state index in [0.29, 0.717) is 29.5 Å². The van der Waals surface area contributed by atoms with E-state index in [9.17, 15) is 4.79 Å². The van der Waals surface area contributed by atoms with E-state index in [2.05, 4.69) is 20.6 Å². The van der Waals surface area contributed by atoms with Gasteiger partial charge in [-0.15, -0.1) is 0 Å². The van der Waals surface area contributed by atoms with Crippen molar-refractivity contribution in [1.82, 2.24) is 9.97 Å². The first-order chi connectivity index (χ1) is 14.8. The molecule has 148 valence electrons. The lowest BCUT2D eigenvalue weighted by Gasteiger charge is -2.12. The lowest BCUT2D eigenvalue weighted by atomic mass is 10.2. The summed E-state index contributed by atoms with van der Waals surface area (Å²) in [6, 6.07) is 26.6. The van der Waals surface area contributed by atoms with Crippen LogP contribution in [0.15, 0.2) is 97.3 Å². The van der Waals surface area contributed by atoms with Crippen LogP contribution >= 0.6 is 0 Å². The number of nitrogens with one attached hydrogen (secondary N) is 2. The van der Waals surface area contributed by atoms with Gasteiger partial charge in [0.05, 0.1) is 18.1 Å². The van der Waals surface area contributed by atoms with Crippen LogP contribution in [-0.4, -0.2) is 15.9 Å². The number of anilines is 2. The van der Waals surface area contributed by atoms with E-state index in [4.69, 9.17) is 4.74 Å². The quantitative estimate of drug-likeness (QED) is 0.453. The van der Waals surface area contributed by atoms with E-state index in [-0.39, 0.29) is 11.6 Å². The third kappa shape index (κ3) is 4.99. The number of hydrogen-bond donors (Lipinski definition) is 2. The lowest BCUT2D eigenvalue weighted by molar-refractivity contribution is 0.102. The summed E-state index contributed by atoms with van der Waals surface area (Å²) in [5.74, 6) is 1.48. The summed E-state index contributed by atoms with van der Waals surface area (Å²) in [6.07, 6.45) is 2.99. The second kappa shape index (κ2) is 9.34. The topological polar surface area (TPSA) is 76.1 Å². The summed E-state index contributed by atoms with van der Waals surface area (Å²) < 4.78 is 5.88. The van der Waals surface area contributed by atoms with Gasteiger partial charge in [-0.3, -0.25) is 4.79 Å². The van der Waals surface area contributed by atoms with Crippen LogP contribution in [-0.2, 0) is 6.54 Å². The Labute approximate surface area is 174 Å². The molecule has 4 rings (SSSR count). The van der Waals surface area contributed by atoms with E-state index < -0.39 is 0 Å². The second-order valence-electron chi connectivity index (χ2n) is 6.49. The molecule has 2 N–H and O–H groups in total. The zero-order chi connectivity index (χ0) is 20.6. The first-order valence-corrected chi connectivity index (χ1v) is 9.51.